The van der Waals surface area contributed by atoms with Crippen molar-refractivity contribution in [2.45, 2.75) is 25.4 Å². The van der Waals surface area contributed by atoms with Gasteiger partial charge in [0.15, 0.2) is 11.5 Å². The van der Waals surface area contributed by atoms with Crippen LogP contribution in [0, 0.1) is 5.92 Å². The third kappa shape index (κ3) is 2.65. The van der Waals surface area contributed by atoms with Gasteiger partial charge in [0, 0.05) is 19.2 Å². The first-order chi connectivity index (χ1) is 11.1. The summed E-state index contributed by atoms with van der Waals surface area (Å²) in [5, 5.41) is 4.15. The second-order valence-corrected chi connectivity index (χ2v) is 6.09. The highest BCUT2D eigenvalue weighted by Crippen LogP contribution is 2.48. The van der Waals surface area contributed by atoms with Crippen LogP contribution in [0.5, 0.6) is 11.5 Å². The molecule has 6 heteroatoms. The van der Waals surface area contributed by atoms with E-state index in [2.05, 4.69) is 5.10 Å². The van der Waals surface area contributed by atoms with E-state index in [1.54, 1.807) is 4.68 Å². The molecule has 2 aliphatic rings. The van der Waals surface area contributed by atoms with Crippen LogP contribution in [-0.2, 0) is 16.6 Å². The molecule has 0 amide bonds. The van der Waals surface area contributed by atoms with Crippen molar-refractivity contribution in [2.75, 3.05) is 6.79 Å². The fourth-order valence-electron chi connectivity index (χ4n) is 2.95. The molecular formula is C17H18N2O4. The summed E-state index contributed by atoms with van der Waals surface area (Å²) in [6.07, 6.45) is 4.30. The SMILES string of the molecule is C[C@H](OC(=O)[C@H]1C[C@H]1c1cnn(C)c1)c1ccc2c(c1)OCO2. The zero-order valence-corrected chi connectivity index (χ0v) is 13.1. The van der Waals surface area contributed by atoms with Gasteiger partial charge in [-0.15, -0.1) is 0 Å². The van der Waals surface area contributed by atoms with Crippen LogP contribution in [0.2, 0.25) is 0 Å². The first-order valence-electron chi connectivity index (χ1n) is 7.70. The maximum atomic E-state index is 12.3. The van der Waals surface area contributed by atoms with E-state index >= 15 is 0 Å². The molecule has 1 aromatic heterocycles. The smallest absolute Gasteiger partial charge is 0.310 e. The van der Waals surface area contributed by atoms with Crippen molar-refractivity contribution >= 4 is 5.97 Å². The Bertz CT molecular complexity index is 755. The molecule has 6 nitrogen and oxygen atoms in total. The molecule has 2 aromatic rings. The van der Waals surface area contributed by atoms with Crippen LogP contribution in [-0.4, -0.2) is 22.5 Å². The third-order valence-electron chi connectivity index (χ3n) is 4.41. The molecule has 3 atom stereocenters. The average Bonchev–Trinajstić information content (AvgIpc) is 2.99. The molecule has 0 radical (unpaired) electrons. The number of nitrogens with zero attached hydrogens (tertiary/aromatic N) is 2. The molecule has 4 rings (SSSR count). The van der Waals surface area contributed by atoms with Gasteiger partial charge in [-0.2, -0.15) is 5.10 Å². The highest BCUT2D eigenvalue weighted by Gasteiger charge is 2.46. The molecule has 1 saturated carbocycles. The van der Waals surface area contributed by atoms with Crippen molar-refractivity contribution in [3.63, 3.8) is 0 Å². The number of carbonyl (C=O) groups excluding carboxylic acids is 1. The number of aromatic nitrogens is 2. The lowest BCUT2D eigenvalue weighted by Gasteiger charge is -2.14. The Kier molecular flexibility index (Phi) is 3.25. The highest BCUT2D eigenvalue weighted by molar-refractivity contribution is 5.77. The van der Waals surface area contributed by atoms with Crippen LogP contribution in [0.15, 0.2) is 30.6 Å². The Morgan fingerprint density at radius 1 is 1.39 bits per heavy atom. The first kappa shape index (κ1) is 14.1. The monoisotopic (exact) mass is 314 g/mol. The lowest BCUT2D eigenvalue weighted by Crippen LogP contribution is -2.11. The first-order valence-corrected chi connectivity index (χ1v) is 7.70. The van der Waals surface area contributed by atoms with E-state index in [4.69, 9.17) is 14.2 Å². The van der Waals surface area contributed by atoms with E-state index < -0.39 is 0 Å². The van der Waals surface area contributed by atoms with Crippen molar-refractivity contribution in [1.82, 2.24) is 9.78 Å². The van der Waals surface area contributed by atoms with E-state index in [0.717, 1.165) is 23.3 Å². The zero-order chi connectivity index (χ0) is 16.0. The second kappa shape index (κ2) is 5.30. The molecule has 0 spiro atoms. The van der Waals surface area contributed by atoms with Gasteiger partial charge < -0.3 is 14.2 Å². The number of rotatable bonds is 4. The molecule has 1 aromatic carbocycles. The minimum Gasteiger partial charge on any atom is -0.458 e. The molecule has 120 valence electrons. The van der Waals surface area contributed by atoms with Gasteiger partial charge in [0.1, 0.15) is 6.10 Å². The van der Waals surface area contributed by atoms with E-state index in [-0.39, 0.29) is 30.7 Å². The molecule has 1 fully saturated rings. The van der Waals surface area contributed by atoms with Gasteiger partial charge in [-0.05, 0) is 36.6 Å². The van der Waals surface area contributed by atoms with Crippen LogP contribution in [0.1, 0.15) is 36.5 Å². The normalized spacial score (nSPS) is 22.7. The van der Waals surface area contributed by atoms with Gasteiger partial charge in [-0.1, -0.05) is 6.07 Å². The Hall–Kier alpha value is -2.50. The highest BCUT2D eigenvalue weighted by atomic mass is 16.7. The predicted octanol–water partition coefficient (Wildman–Crippen LogP) is 2.56. The number of aryl methyl sites for hydroxylation is 1. The number of esters is 1. The van der Waals surface area contributed by atoms with E-state index in [1.165, 1.54) is 0 Å². The maximum absolute atomic E-state index is 12.3. The number of hydrogen-bond acceptors (Lipinski definition) is 5. The Morgan fingerprint density at radius 2 is 2.22 bits per heavy atom. The summed E-state index contributed by atoms with van der Waals surface area (Å²) in [5.41, 5.74) is 2.01. The van der Waals surface area contributed by atoms with Crippen LogP contribution < -0.4 is 9.47 Å². The third-order valence-corrected chi connectivity index (χ3v) is 4.41. The minimum atomic E-state index is -0.313. The largest absolute Gasteiger partial charge is 0.458 e. The summed E-state index contributed by atoms with van der Waals surface area (Å²) in [4.78, 5) is 12.3. The van der Waals surface area contributed by atoms with E-state index in [0.29, 0.717) is 5.75 Å². The quantitative estimate of drug-likeness (QED) is 0.812. The van der Waals surface area contributed by atoms with Crippen molar-refractivity contribution in [3.8, 4) is 11.5 Å². The number of ether oxygens (including phenoxy) is 3. The Balaban J connectivity index is 1.39. The average molecular weight is 314 g/mol. The summed E-state index contributed by atoms with van der Waals surface area (Å²) in [6.45, 7) is 2.11. The van der Waals surface area contributed by atoms with Crippen molar-refractivity contribution < 1.29 is 19.0 Å². The number of fused-ring (bicyclic) bond motifs is 1. The lowest BCUT2D eigenvalue weighted by atomic mass is 10.1. The number of benzene rings is 1. The van der Waals surface area contributed by atoms with Gasteiger partial charge in [0.05, 0.1) is 12.1 Å². The van der Waals surface area contributed by atoms with Crippen LogP contribution in [0.3, 0.4) is 0 Å². The molecule has 0 unspecified atom stereocenters. The van der Waals surface area contributed by atoms with Crippen LogP contribution >= 0.6 is 0 Å². The summed E-state index contributed by atoms with van der Waals surface area (Å²) < 4.78 is 18.0. The fraction of sp³-hybridized carbons (Fsp3) is 0.412. The Labute approximate surface area is 134 Å². The molecule has 23 heavy (non-hydrogen) atoms. The molecule has 1 aliphatic carbocycles. The van der Waals surface area contributed by atoms with E-state index in [9.17, 15) is 4.79 Å². The molecule has 0 saturated heterocycles. The summed E-state index contributed by atoms with van der Waals surface area (Å²) >= 11 is 0. The van der Waals surface area contributed by atoms with Crippen LogP contribution in [0.4, 0.5) is 0 Å². The summed E-state index contributed by atoms with van der Waals surface area (Å²) in [7, 11) is 1.88. The van der Waals surface area contributed by atoms with Crippen molar-refractivity contribution in [1.29, 1.82) is 0 Å². The molecular weight excluding hydrogens is 296 g/mol. The molecule has 0 bridgehead atoms. The summed E-state index contributed by atoms with van der Waals surface area (Å²) in [5.74, 6) is 1.45. The van der Waals surface area contributed by atoms with Crippen LogP contribution in [0.25, 0.3) is 0 Å². The van der Waals surface area contributed by atoms with Gasteiger partial charge in [0.25, 0.3) is 0 Å². The van der Waals surface area contributed by atoms with Gasteiger partial charge in [-0.25, -0.2) is 0 Å². The van der Waals surface area contributed by atoms with E-state index in [1.807, 2.05) is 44.6 Å². The maximum Gasteiger partial charge on any atom is 0.310 e. The lowest BCUT2D eigenvalue weighted by molar-refractivity contribution is -0.150. The number of carbonyl (C=O) groups is 1. The fourth-order valence-corrected chi connectivity index (χ4v) is 2.95. The predicted molar refractivity (Wildman–Crippen MR) is 81.1 cm³/mol. The topological polar surface area (TPSA) is 62.6 Å². The van der Waals surface area contributed by atoms with Crippen molar-refractivity contribution in [3.05, 3.63) is 41.7 Å². The summed E-state index contributed by atoms with van der Waals surface area (Å²) in [6, 6.07) is 5.61. The molecule has 0 N–H and O–H groups in total. The molecule has 2 heterocycles. The zero-order valence-electron chi connectivity index (χ0n) is 13.1. The van der Waals surface area contributed by atoms with Gasteiger partial charge in [0.2, 0.25) is 6.79 Å². The van der Waals surface area contributed by atoms with Crippen molar-refractivity contribution in [2.24, 2.45) is 13.0 Å². The minimum absolute atomic E-state index is 0.0596. The van der Waals surface area contributed by atoms with Gasteiger partial charge >= 0.3 is 5.97 Å². The second-order valence-electron chi connectivity index (χ2n) is 6.09. The van der Waals surface area contributed by atoms with Gasteiger partial charge in [-0.3, -0.25) is 9.48 Å². The number of hydrogen-bond donors (Lipinski definition) is 0. The standard InChI is InChI=1S/C17H18N2O4/c1-10(11-3-4-15-16(5-11)22-9-21-15)23-17(20)14-6-13(14)12-7-18-19(2)8-12/h3-5,7-8,10,13-14H,6,9H2,1-2H3/t10-,13-,14-/m0/s1. The Morgan fingerprint density at radius 3 is 3.00 bits per heavy atom. The molecule has 1 aliphatic heterocycles.